The topological polar surface area (TPSA) is 73.7 Å². The maximum Gasteiger partial charge on any atom is 0.359 e. The summed E-state index contributed by atoms with van der Waals surface area (Å²) in [5.74, 6) is 0. The number of hydrogen-bond donors (Lipinski definition) is 3. The first-order valence-electron chi connectivity index (χ1n) is 1.33. The molecule has 6 heteroatoms. The highest BCUT2D eigenvalue weighted by molar-refractivity contribution is 7.47. The number of nitrogens with one attached hydrogen (secondary N) is 2. The Labute approximate surface area is 44.8 Å². The smallest absolute Gasteiger partial charge is 0.287 e. The predicted molar refractivity (Wildman–Crippen MR) is 23.2 cm³/mol. The van der Waals surface area contributed by atoms with Crippen LogP contribution in [0.15, 0.2) is 4.47 Å². The highest BCUT2D eigenvalue weighted by atomic mass is 32.1. The third kappa shape index (κ3) is 3.07. The molecule has 0 fully saturated rings. The van der Waals surface area contributed by atoms with Crippen molar-refractivity contribution in [3.63, 3.8) is 0 Å². The number of carbonyl (C=O) groups is 1. The van der Waals surface area contributed by atoms with Crippen molar-refractivity contribution in [2.24, 2.45) is 4.47 Å². The van der Waals surface area contributed by atoms with Crippen LogP contribution in [0.1, 0.15) is 0 Å². The Hall–Kier alpha value is -0.750. The van der Waals surface area contributed by atoms with E-state index < -0.39 is 6.03 Å². The van der Waals surface area contributed by atoms with Crippen molar-refractivity contribution in [1.29, 1.82) is 0 Å². The number of nitrogens with zero attached hydrogens (tertiary/aromatic N) is 1. The van der Waals surface area contributed by atoms with Gasteiger partial charge >= 0.3 is 6.03 Å². The molecule has 0 bridgehead atoms. The van der Waals surface area contributed by atoms with Crippen LogP contribution in [0.5, 0.6) is 0 Å². The van der Waals surface area contributed by atoms with Crippen LogP contribution in [0.25, 0.3) is 0 Å². The molecule has 0 radical (unpaired) electrons. The van der Waals surface area contributed by atoms with E-state index in [1.807, 2.05) is 0 Å². The van der Waals surface area contributed by atoms with Crippen LogP contribution in [-0.4, -0.2) is 11.2 Å². The van der Waals surface area contributed by atoms with Gasteiger partial charge in [0.05, 0.1) is 12.4 Å². The van der Waals surface area contributed by atoms with Gasteiger partial charge in [-0.2, -0.15) is 0 Å². The zero-order valence-corrected chi connectivity index (χ0v) is 4.03. The van der Waals surface area contributed by atoms with Gasteiger partial charge in [0.1, 0.15) is 0 Å². The summed E-state index contributed by atoms with van der Waals surface area (Å²) in [6.07, 6.45) is 0. The minimum absolute atomic E-state index is 0.838. The molecule has 0 saturated heterocycles. The van der Waals surface area contributed by atoms with E-state index in [1.165, 1.54) is 5.48 Å². The summed E-state index contributed by atoms with van der Waals surface area (Å²) in [6, 6.07) is -0.838. The maximum atomic E-state index is 9.78. The quantitative estimate of drug-likeness (QED) is 0.318. The predicted octanol–water partition coefficient (Wildman–Crippen LogP) is -0.680. The molecule has 0 aromatic heterocycles. The first-order valence-corrected chi connectivity index (χ1v) is 1.70. The normalized spacial score (nSPS) is 7.00. The van der Waals surface area contributed by atoms with Crippen LogP contribution in [0.2, 0.25) is 0 Å². The molecule has 0 atom stereocenters. The first kappa shape index (κ1) is 6.25. The standard InChI is InChI=1S/CH3N3O2S/c5-1(3-6)2-4-7/h6H,(H2,2,3,5,7). The number of urea groups is 1. The molecule has 0 unspecified atom stereocenters. The van der Waals surface area contributed by atoms with Crippen molar-refractivity contribution in [2.45, 2.75) is 0 Å². The fourth-order valence-corrected chi connectivity index (χ4v) is 0.149. The molecule has 40 valence electrons. The van der Waals surface area contributed by atoms with E-state index in [1.54, 1.807) is 5.43 Å². The zero-order valence-electron chi connectivity index (χ0n) is 3.21. The van der Waals surface area contributed by atoms with Crippen molar-refractivity contribution >= 4 is 18.5 Å². The summed E-state index contributed by atoms with van der Waals surface area (Å²) in [4.78, 5) is 9.78. The van der Waals surface area contributed by atoms with Crippen LogP contribution in [0.3, 0.4) is 0 Å². The summed E-state index contributed by atoms with van der Waals surface area (Å²) in [7, 11) is 0. The van der Waals surface area contributed by atoms with Gasteiger partial charge in [0, 0.05) is 0 Å². The van der Waals surface area contributed by atoms with E-state index in [-0.39, 0.29) is 0 Å². The van der Waals surface area contributed by atoms with Gasteiger partial charge in [-0.3, -0.25) is 5.21 Å². The molecule has 0 aromatic carbocycles. The van der Waals surface area contributed by atoms with E-state index in [0.717, 1.165) is 0 Å². The Morgan fingerprint density at radius 1 is 1.86 bits per heavy atom. The Morgan fingerprint density at radius 3 is 2.57 bits per heavy atom. The fraction of sp³-hybridized carbons (Fsp3) is 0. The maximum absolute atomic E-state index is 9.78. The van der Waals surface area contributed by atoms with Crippen LogP contribution in [0, 0.1) is 0 Å². The third-order valence-electron chi connectivity index (χ3n) is 0.249. The van der Waals surface area contributed by atoms with Crippen molar-refractivity contribution in [3.05, 3.63) is 0 Å². The van der Waals surface area contributed by atoms with Crippen LogP contribution in [0.4, 0.5) is 4.79 Å². The van der Waals surface area contributed by atoms with E-state index in [2.05, 4.69) is 16.9 Å². The lowest BCUT2D eigenvalue weighted by Crippen LogP contribution is -2.28. The average molecular weight is 121 g/mol. The van der Waals surface area contributed by atoms with Crippen molar-refractivity contribution < 1.29 is 10.0 Å². The summed E-state index contributed by atoms with van der Waals surface area (Å²) in [5, 5.41) is 7.70. The summed E-state index contributed by atoms with van der Waals surface area (Å²) < 4.78 is 2.77. The van der Waals surface area contributed by atoms with Crippen molar-refractivity contribution in [1.82, 2.24) is 10.9 Å². The lowest BCUT2D eigenvalue weighted by Gasteiger charge is -1.89. The third-order valence-corrected chi connectivity index (χ3v) is 0.340. The molecular weight excluding hydrogens is 118 g/mol. The average Bonchev–Trinajstić information content (AvgIpc) is 1.68. The Kier molecular flexibility index (Phi) is 3.07. The molecule has 5 nitrogen and oxygen atoms in total. The van der Waals surface area contributed by atoms with Gasteiger partial charge in [-0.25, -0.2) is 15.7 Å². The highest BCUT2D eigenvalue weighted by Crippen LogP contribution is 1.55. The van der Waals surface area contributed by atoms with Crippen LogP contribution in [-0.2, 0) is 12.4 Å². The molecule has 7 heavy (non-hydrogen) atoms. The summed E-state index contributed by atoms with van der Waals surface area (Å²) >= 11 is 3.94. The number of hydroxylamine groups is 1. The lowest BCUT2D eigenvalue weighted by molar-refractivity contribution is 0.162. The molecule has 0 heterocycles. The molecule has 0 aromatic rings. The minimum atomic E-state index is -0.838. The summed E-state index contributed by atoms with van der Waals surface area (Å²) in [5.41, 5.74) is 2.99. The van der Waals surface area contributed by atoms with Gasteiger partial charge in [0.15, 0.2) is 0 Å². The molecule has 0 aliphatic heterocycles. The first-order chi connectivity index (χ1) is 3.31. The Morgan fingerprint density at radius 2 is 2.43 bits per heavy atom. The monoisotopic (exact) mass is 121 g/mol. The van der Waals surface area contributed by atoms with Gasteiger partial charge < -0.3 is 0 Å². The second kappa shape index (κ2) is 3.44. The molecular formula is CH3N3O2S. The number of carbonyl (C=O) groups excluding carboxylic acids is 1. The van der Waals surface area contributed by atoms with Gasteiger partial charge in [-0.05, 0) is 0 Å². The molecule has 0 saturated carbocycles. The van der Waals surface area contributed by atoms with Gasteiger partial charge in [-0.15, -0.1) is 0 Å². The second-order valence-electron chi connectivity index (χ2n) is 0.644. The molecule has 3 N–H and O–H groups in total. The van der Waals surface area contributed by atoms with Gasteiger partial charge in [0.2, 0.25) is 0 Å². The lowest BCUT2D eigenvalue weighted by atomic mass is 11.1. The second-order valence-corrected chi connectivity index (χ2v) is 0.827. The highest BCUT2D eigenvalue weighted by Gasteiger charge is 1.88. The van der Waals surface area contributed by atoms with E-state index >= 15 is 0 Å². The number of hydrogen-bond acceptors (Lipinski definition) is 4. The number of amides is 2. The largest absolute Gasteiger partial charge is 0.359 e. The van der Waals surface area contributed by atoms with E-state index in [9.17, 15) is 4.79 Å². The molecule has 0 rings (SSSR count). The Balaban J connectivity index is 3.17. The van der Waals surface area contributed by atoms with Gasteiger partial charge in [-0.1, -0.05) is 4.47 Å². The minimum Gasteiger partial charge on any atom is -0.287 e. The SMILES string of the molecule is O=C(NO)NN=S. The summed E-state index contributed by atoms with van der Waals surface area (Å²) in [6.45, 7) is 0. The molecule has 0 spiro atoms. The van der Waals surface area contributed by atoms with E-state index in [4.69, 9.17) is 5.21 Å². The molecule has 0 aliphatic carbocycles. The number of rotatable bonds is 1. The molecule has 0 aliphatic rings. The van der Waals surface area contributed by atoms with E-state index in [0.29, 0.717) is 0 Å². The van der Waals surface area contributed by atoms with Crippen LogP contribution < -0.4 is 10.9 Å². The van der Waals surface area contributed by atoms with Gasteiger partial charge in [0.25, 0.3) is 0 Å². The zero-order chi connectivity index (χ0) is 5.70. The Bertz CT molecular complexity index is 83.0. The molecule has 2 amide bonds. The fourth-order valence-electron chi connectivity index (χ4n) is 0.0665. The van der Waals surface area contributed by atoms with Crippen molar-refractivity contribution in [3.8, 4) is 0 Å². The van der Waals surface area contributed by atoms with Crippen molar-refractivity contribution in [2.75, 3.05) is 0 Å². The van der Waals surface area contributed by atoms with Crippen LogP contribution >= 0.6 is 0 Å².